The molecule has 5 nitrogen and oxygen atoms in total. The summed E-state index contributed by atoms with van der Waals surface area (Å²) in [6.07, 6.45) is 2.95. The molecule has 0 radical (unpaired) electrons. The monoisotopic (exact) mass is 297 g/mol. The molecule has 0 spiro atoms. The Bertz CT molecular complexity index is 782. The van der Waals surface area contributed by atoms with Gasteiger partial charge in [-0.3, -0.25) is 4.79 Å². The number of carbonyl (C=O) groups is 1. The minimum absolute atomic E-state index is 0.117. The molecule has 22 heavy (non-hydrogen) atoms. The average molecular weight is 297 g/mol. The Morgan fingerprint density at radius 3 is 2.86 bits per heavy atom. The number of carbonyl (C=O) groups excluding carboxylic acids is 1. The Labute approximate surface area is 128 Å². The zero-order valence-corrected chi connectivity index (χ0v) is 12.8. The van der Waals surface area contributed by atoms with Crippen molar-refractivity contribution in [3.05, 3.63) is 53.5 Å². The number of amides is 1. The number of fused-ring (bicyclic) bond motifs is 1. The van der Waals surface area contributed by atoms with Gasteiger partial charge in [-0.1, -0.05) is 23.4 Å². The number of rotatable bonds is 5. The van der Waals surface area contributed by atoms with Gasteiger partial charge in [-0.05, 0) is 37.8 Å². The number of aryl methyl sites for hydroxylation is 3. The van der Waals surface area contributed by atoms with E-state index in [0.29, 0.717) is 23.6 Å². The number of hydrogen-bond acceptors (Lipinski definition) is 3. The van der Waals surface area contributed by atoms with Gasteiger partial charge in [0.2, 0.25) is 0 Å². The quantitative estimate of drug-likeness (QED) is 0.736. The average Bonchev–Trinajstić information content (AvgIpc) is 3.07. The van der Waals surface area contributed by atoms with E-state index in [2.05, 4.69) is 39.4 Å². The van der Waals surface area contributed by atoms with Gasteiger partial charge in [0, 0.05) is 24.8 Å². The number of hydrogen-bond donors (Lipinski definition) is 1. The lowest BCUT2D eigenvalue weighted by Gasteiger charge is -2.07. The van der Waals surface area contributed by atoms with Crippen molar-refractivity contribution in [3.63, 3.8) is 0 Å². The first kappa shape index (κ1) is 14.4. The summed E-state index contributed by atoms with van der Waals surface area (Å²) in [5.74, 6) is 0.444. The Balaban J connectivity index is 1.55. The second-order valence-corrected chi connectivity index (χ2v) is 5.38. The Morgan fingerprint density at radius 1 is 1.27 bits per heavy atom. The van der Waals surface area contributed by atoms with Crippen LogP contribution in [0.15, 0.2) is 41.1 Å². The van der Waals surface area contributed by atoms with E-state index in [1.165, 1.54) is 10.9 Å². The molecule has 3 rings (SSSR count). The fourth-order valence-electron chi connectivity index (χ4n) is 2.68. The number of nitrogens with one attached hydrogen (secondary N) is 1. The first-order valence-corrected chi connectivity index (χ1v) is 7.42. The SMILES string of the molecule is Cc1noc(C)c1C(=O)NCCCn1ccc2ccccc21. The van der Waals surface area contributed by atoms with Crippen molar-refractivity contribution in [2.45, 2.75) is 26.8 Å². The number of aromatic nitrogens is 2. The fourth-order valence-corrected chi connectivity index (χ4v) is 2.68. The lowest BCUT2D eigenvalue weighted by molar-refractivity contribution is 0.0950. The molecule has 0 unspecified atom stereocenters. The van der Waals surface area contributed by atoms with E-state index in [4.69, 9.17) is 4.52 Å². The summed E-state index contributed by atoms with van der Waals surface area (Å²) in [7, 11) is 0. The highest BCUT2D eigenvalue weighted by molar-refractivity contribution is 5.96. The summed E-state index contributed by atoms with van der Waals surface area (Å²) in [5.41, 5.74) is 2.40. The highest BCUT2D eigenvalue weighted by atomic mass is 16.5. The van der Waals surface area contributed by atoms with Crippen LogP contribution in [-0.4, -0.2) is 22.2 Å². The first-order chi connectivity index (χ1) is 10.7. The maximum Gasteiger partial charge on any atom is 0.256 e. The molecule has 0 saturated carbocycles. The highest BCUT2D eigenvalue weighted by Gasteiger charge is 2.16. The maximum atomic E-state index is 12.1. The van der Waals surface area contributed by atoms with Crippen LogP contribution in [0.25, 0.3) is 10.9 Å². The second kappa shape index (κ2) is 6.05. The third kappa shape index (κ3) is 2.74. The van der Waals surface area contributed by atoms with Gasteiger partial charge in [-0.15, -0.1) is 0 Å². The summed E-state index contributed by atoms with van der Waals surface area (Å²) in [5, 5.41) is 7.96. The molecule has 1 aromatic carbocycles. The van der Waals surface area contributed by atoms with Crippen LogP contribution in [0.1, 0.15) is 28.2 Å². The minimum Gasteiger partial charge on any atom is -0.361 e. The molecular weight excluding hydrogens is 278 g/mol. The number of nitrogens with zero attached hydrogens (tertiary/aromatic N) is 2. The van der Waals surface area contributed by atoms with Crippen molar-refractivity contribution in [1.29, 1.82) is 0 Å². The van der Waals surface area contributed by atoms with Gasteiger partial charge in [0.05, 0.1) is 5.69 Å². The molecule has 0 bridgehead atoms. The number of benzene rings is 1. The van der Waals surface area contributed by atoms with Gasteiger partial charge in [0.15, 0.2) is 0 Å². The van der Waals surface area contributed by atoms with Crippen molar-refractivity contribution in [1.82, 2.24) is 15.0 Å². The van der Waals surface area contributed by atoms with Crippen molar-refractivity contribution in [3.8, 4) is 0 Å². The fraction of sp³-hybridized carbons (Fsp3) is 0.294. The summed E-state index contributed by atoms with van der Waals surface area (Å²) >= 11 is 0. The van der Waals surface area contributed by atoms with Crippen molar-refractivity contribution in [2.75, 3.05) is 6.54 Å². The molecule has 5 heteroatoms. The maximum absolute atomic E-state index is 12.1. The summed E-state index contributed by atoms with van der Waals surface area (Å²) in [4.78, 5) is 12.1. The predicted molar refractivity (Wildman–Crippen MR) is 84.9 cm³/mol. The molecule has 0 aliphatic rings. The molecule has 0 aliphatic heterocycles. The summed E-state index contributed by atoms with van der Waals surface area (Å²) < 4.78 is 7.22. The van der Waals surface area contributed by atoms with Gasteiger partial charge in [-0.25, -0.2) is 0 Å². The molecular formula is C17H19N3O2. The van der Waals surface area contributed by atoms with Crippen molar-refractivity contribution >= 4 is 16.8 Å². The molecule has 0 aliphatic carbocycles. The van der Waals surface area contributed by atoms with Crippen LogP contribution in [0.2, 0.25) is 0 Å². The zero-order chi connectivity index (χ0) is 15.5. The van der Waals surface area contributed by atoms with E-state index in [1.54, 1.807) is 13.8 Å². The van der Waals surface area contributed by atoms with Gasteiger partial charge in [0.25, 0.3) is 5.91 Å². The van der Waals surface area contributed by atoms with E-state index >= 15 is 0 Å². The largest absolute Gasteiger partial charge is 0.361 e. The van der Waals surface area contributed by atoms with E-state index < -0.39 is 0 Å². The molecule has 2 aromatic heterocycles. The molecule has 0 fully saturated rings. The Morgan fingerprint density at radius 2 is 2.09 bits per heavy atom. The molecule has 3 aromatic rings. The second-order valence-electron chi connectivity index (χ2n) is 5.38. The van der Waals surface area contributed by atoms with Crippen LogP contribution >= 0.6 is 0 Å². The zero-order valence-electron chi connectivity index (χ0n) is 12.8. The van der Waals surface area contributed by atoms with Crippen molar-refractivity contribution < 1.29 is 9.32 Å². The third-order valence-electron chi connectivity index (χ3n) is 3.80. The normalized spacial score (nSPS) is 11.0. The minimum atomic E-state index is -0.117. The highest BCUT2D eigenvalue weighted by Crippen LogP contribution is 2.15. The smallest absolute Gasteiger partial charge is 0.256 e. The van der Waals surface area contributed by atoms with Gasteiger partial charge in [0.1, 0.15) is 11.3 Å². The molecule has 114 valence electrons. The van der Waals surface area contributed by atoms with E-state index in [1.807, 2.05) is 12.1 Å². The van der Waals surface area contributed by atoms with Crippen molar-refractivity contribution in [2.24, 2.45) is 0 Å². The van der Waals surface area contributed by atoms with Crippen LogP contribution in [-0.2, 0) is 6.54 Å². The van der Waals surface area contributed by atoms with E-state index in [-0.39, 0.29) is 5.91 Å². The Kier molecular flexibility index (Phi) is 3.96. The molecule has 1 amide bonds. The van der Waals surface area contributed by atoms with Crippen LogP contribution < -0.4 is 5.32 Å². The lowest BCUT2D eigenvalue weighted by atomic mass is 10.2. The topological polar surface area (TPSA) is 60.1 Å². The number of para-hydroxylation sites is 1. The summed E-state index contributed by atoms with van der Waals surface area (Å²) in [6.45, 7) is 5.02. The first-order valence-electron chi connectivity index (χ1n) is 7.42. The standard InChI is InChI=1S/C17H19N3O2/c1-12-16(13(2)22-19-12)17(21)18-9-5-10-20-11-8-14-6-3-4-7-15(14)20/h3-4,6-8,11H,5,9-10H2,1-2H3,(H,18,21). The lowest BCUT2D eigenvalue weighted by Crippen LogP contribution is -2.26. The Hall–Kier alpha value is -2.56. The molecule has 1 N–H and O–H groups in total. The van der Waals surface area contributed by atoms with Crippen LogP contribution in [0.4, 0.5) is 0 Å². The summed E-state index contributed by atoms with van der Waals surface area (Å²) in [6, 6.07) is 10.4. The molecule has 2 heterocycles. The van der Waals surface area contributed by atoms with E-state index in [9.17, 15) is 4.79 Å². The molecule has 0 atom stereocenters. The van der Waals surface area contributed by atoms with Gasteiger partial charge < -0.3 is 14.4 Å². The van der Waals surface area contributed by atoms with Gasteiger partial charge in [-0.2, -0.15) is 0 Å². The van der Waals surface area contributed by atoms with E-state index in [0.717, 1.165) is 13.0 Å². The van der Waals surface area contributed by atoms with Crippen LogP contribution in [0.3, 0.4) is 0 Å². The van der Waals surface area contributed by atoms with Crippen LogP contribution in [0.5, 0.6) is 0 Å². The van der Waals surface area contributed by atoms with Crippen LogP contribution in [0, 0.1) is 13.8 Å². The molecule has 0 saturated heterocycles. The van der Waals surface area contributed by atoms with Gasteiger partial charge >= 0.3 is 0 Å². The third-order valence-corrected chi connectivity index (χ3v) is 3.80. The predicted octanol–water partition coefficient (Wildman–Crippen LogP) is 3.07.